The number of aliphatic imine (C=N–C) groups is 1. The number of nitrogens with one attached hydrogen (secondary N) is 2. The first-order valence-corrected chi connectivity index (χ1v) is 11.2. The molecule has 0 spiro atoms. The second kappa shape index (κ2) is 12.8. The van der Waals surface area contributed by atoms with Gasteiger partial charge in [0.25, 0.3) is 5.91 Å². The Labute approximate surface area is 208 Å². The second-order valence-corrected chi connectivity index (χ2v) is 8.24. The van der Waals surface area contributed by atoms with Gasteiger partial charge in [-0.1, -0.05) is 42.5 Å². The molecule has 0 saturated carbocycles. The Morgan fingerprint density at radius 3 is 2.31 bits per heavy atom. The molecule has 0 radical (unpaired) electrons. The fourth-order valence-corrected chi connectivity index (χ4v) is 3.70. The molecule has 1 atom stereocenters. The summed E-state index contributed by atoms with van der Waals surface area (Å²) in [6.45, 7) is 7.06. The summed E-state index contributed by atoms with van der Waals surface area (Å²) in [7, 11) is 0. The minimum absolute atomic E-state index is 0. The van der Waals surface area contributed by atoms with E-state index in [1.807, 2.05) is 66.4 Å². The van der Waals surface area contributed by atoms with Crippen LogP contribution < -0.4 is 10.6 Å². The highest BCUT2D eigenvalue weighted by Crippen LogP contribution is 2.19. The van der Waals surface area contributed by atoms with Crippen LogP contribution in [0.25, 0.3) is 0 Å². The van der Waals surface area contributed by atoms with Gasteiger partial charge in [-0.3, -0.25) is 4.79 Å². The van der Waals surface area contributed by atoms with Crippen molar-refractivity contribution in [2.24, 2.45) is 4.99 Å². The summed E-state index contributed by atoms with van der Waals surface area (Å²) >= 11 is 0. The highest BCUT2D eigenvalue weighted by molar-refractivity contribution is 14.0. The van der Waals surface area contributed by atoms with Crippen molar-refractivity contribution < 1.29 is 9.90 Å². The highest BCUT2D eigenvalue weighted by Gasteiger charge is 2.23. The minimum atomic E-state index is -1.01. The number of halogens is 1. The van der Waals surface area contributed by atoms with Crippen LogP contribution in [0.4, 0.5) is 0 Å². The topological polar surface area (TPSA) is 77.0 Å². The molecule has 1 fully saturated rings. The predicted octanol–water partition coefficient (Wildman–Crippen LogP) is 3.89. The lowest BCUT2D eigenvalue weighted by atomic mass is 9.96. The monoisotopic (exact) mass is 550 g/mol. The number of rotatable bonds is 7. The van der Waals surface area contributed by atoms with Crippen molar-refractivity contribution in [1.29, 1.82) is 0 Å². The van der Waals surface area contributed by atoms with Crippen molar-refractivity contribution in [2.45, 2.75) is 45.3 Å². The number of guanidine groups is 1. The molecule has 1 aliphatic rings. The van der Waals surface area contributed by atoms with E-state index in [4.69, 9.17) is 0 Å². The summed E-state index contributed by atoms with van der Waals surface area (Å²) in [5, 5.41) is 17.2. The Bertz CT molecular complexity index is 863. The molecule has 32 heavy (non-hydrogen) atoms. The average molecular weight is 550 g/mol. The van der Waals surface area contributed by atoms with Gasteiger partial charge in [0.15, 0.2) is 5.96 Å². The molecule has 2 aromatic rings. The van der Waals surface area contributed by atoms with E-state index in [2.05, 4.69) is 15.6 Å². The van der Waals surface area contributed by atoms with Crippen LogP contribution in [0.1, 0.15) is 54.6 Å². The van der Waals surface area contributed by atoms with E-state index < -0.39 is 5.60 Å². The quantitative estimate of drug-likeness (QED) is 0.278. The first kappa shape index (κ1) is 26.1. The fourth-order valence-electron chi connectivity index (χ4n) is 3.70. The Kier molecular flexibility index (Phi) is 10.4. The van der Waals surface area contributed by atoms with Gasteiger partial charge in [-0.25, -0.2) is 4.99 Å². The van der Waals surface area contributed by atoms with E-state index in [0.717, 1.165) is 49.2 Å². The number of carbonyl (C=O) groups excluding carboxylic acids is 1. The lowest BCUT2D eigenvalue weighted by Crippen LogP contribution is -2.44. The molecule has 174 valence electrons. The third-order valence-electron chi connectivity index (χ3n) is 5.60. The number of piperidine rings is 1. The molecule has 0 aromatic heterocycles. The van der Waals surface area contributed by atoms with Crippen LogP contribution >= 0.6 is 24.0 Å². The van der Waals surface area contributed by atoms with Crippen LogP contribution in [-0.4, -0.2) is 48.1 Å². The molecular formula is C25H35IN4O2. The number of aliphatic hydroxyl groups is 1. The lowest BCUT2D eigenvalue weighted by Gasteiger charge is -2.26. The summed E-state index contributed by atoms with van der Waals surface area (Å²) < 4.78 is 0. The summed E-state index contributed by atoms with van der Waals surface area (Å²) in [5.41, 5.74) is 1.61. The van der Waals surface area contributed by atoms with Crippen molar-refractivity contribution in [3.8, 4) is 0 Å². The van der Waals surface area contributed by atoms with E-state index in [-0.39, 0.29) is 29.9 Å². The molecular weight excluding hydrogens is 515 g/mol. The number of benzene rings is 2. The second-order valence-electron chi connectivity index (χ2n) is 8.24. The molecule has 3 N–H and O–H groups in total. The lowest BCUT2D eigenvalue weighted by molar-refractivity contribution is 0.0617. The Balaban J connectivity index is 0.00000363. The van der Waals surface area contributed by atoms with E-state index in [1.54, 1.807) is 6.92 Å². The maximum atomic E-state index is 12.6. The van der Waals surface area contributed by atoms with Gasteiger partial charge in [0.05, 0.1) is 13.1 Å². The Morgan fingerprint density at radius 2 is 1.69 bits per heavy atom. The molecule has 1 saturated heterocycles. The SMILES string of the molecule is CCNC(=NCc1ccc(C(=O)N2CCCCC2)cc1)NCC(C)(O)c1ccccc1.I. The molecule has 6 nitrogen and oxygen atoms in total. The number of amides is 1. The molecule has 1 heterocycles. The summed E-state index contributed by atoms with van der Waals surface area (Å²) in [6.07, 6.45) is 3.40. The fraction of sp³-hybridized carbons (Fsp3) is 0.440. The van der Waals surface area contributed by atoms with Gasteiger partial charge in [0, 0.05) is 25.2 Å². The van der Waals surface area contributed by atoms with Crippen LogP contribution in [0.5, 0.6) is 0 Å². The zero-order chi connectivity index (χ0) is 22.1. The Hall–Kier alpha value is -2.13. The zero-order valence-corrected chi connectivity index (χ0v) is 21.3. The van der Waals surface area contributed by atoms with Gasteiger partial charge >= 0.3 is 0 Å². The number of likely N-dealkylation sites (tertiary alicyclic amines) is 1. The number of hydrogen-bond donors (Lipinski definition) is 3. The van der Waals surface area contributed by atoms with Gasteiger partial charge in [0.1, 0.15) is 5.60 Å². The third kappa shape index (κ3) is 7.48. The van der Waals surface area contributed by atoms with Crippen LogP contribution in [0, 0.1) is 0 Å². The third-order valence-corrected chi connectivity index (χ3v) is 5.60. The van der Waals surface area contributed by atoms with Crippen molar-refractivity contribution in [1.82, 2.24) is 15.5 Å². The number of nitrogens with zero attached hydrogens (tertiary/aromatic N) is 2. The molecule has 7 heteroatoms. The zero-order valence-electron chi connectivity index (χ0n) is 19.0. The number of hydrogen-bond acceptors (Lipinski definition) is 3. The highest BCUT2D eigenvalue weighted by atomic mass is 127. The standard InChI is InChI=1S/C25H34N4O2.HI/c1-3-26-24(28-19-25(2,31)22-10-6-4-7-11-22)27-18-20-12-14-21(15-13-20)23(30)29-16-8-5-9-17-29;/h4,6-7,10-15,31H,3,5,8-9,16-19H2,1-2H3,(H2,26,27,28);1H. The van der Waals surface area contributed by atoms with E-state index in [9.17, 15) is 9.90 Å². The minimum Gasteiger partial charge on any atom is -0.384 e. The predicted molar refractivity (Wildman–Crippen MR) is 140 cm³/mol. The maximum absolute atomic E-state index is 12.6. The molecule has 1 aliphatic heterocycles. The van der Waals surface area contributed by atoms with Crippen LogP contribution in [-0.2, 0) is 12.1 Å². The van der Waals surface area contributed by atoms with E-state index in [0.29, 0.717) is 19.0 Å². The van der Waals surface area contributed by atoms with Crippen LogP contribution in [0.3, 0.4) is 0 Å². The van der Waals surface area contributed by atoms with Crippen molar-refractivity contribution >= 4 is 35.8 Å². The van der Waals surface area contributed by atoms with Crippen molar-refractivity contribution in [3.05, 3.63) is 71.3 Å². The first-order valence-electron chi connectivity index (χ1n) is 11.2. The maximum Gasteiger partial charge on any atom is 0.253 e. The Morgan fingerprint density at radius 1 is 1.03 bits per heavy atom. The largest absolute Gasteiger partial charge is 0.384 e. The van der Waals surface area contributed by atoms with Gasteiger partial charge in [-0.15, -0.1) is 24.0 Å². The summed E-state index contributed by atoms with van der Waals surface area (Å²) in [6, 6.07) is 17.3. The van der Waals surface area contributed by atoms with Gasteiger partial charge in [-0.2, -0.15) is 0 Å². The average Bonchev–Trinajstić information content (AvgIpc) is 2.82. The van der Waals surface area contributed by atoms with Gasteiger partial charge in [-0.05, 0) is 56.4 Å². The molecule has 0 bridgehead atoms. The normalized spacial score (nSPS) is 16.0. The van der Waals surface area contributed by atoms with E-state index >= 15 is 0 Å². The molecule has 2 aromatic carbocycles. The molecule has 1 unspecified atom stereocenters. The molecule has 0 aliphatic carbocycles. The molecule has 3 rings (SSSR count). The van der Waals surface area contributed by atoms with Gasteiger partial charge < -0.3 is 20.6 Å². The first-order chi connectivity index (χ1) is 15.0. The van der Waals surface area contributed by atoms with Crippen molar-refractivity contribution in [3.63, 3.8) is 0 Å². The van der Waals surface area contributed by atoms with Crippen LogP contribution in [0.2, 0.25) is 0 Å². The summed E-state index contributed by atoms with van der Waals surface area (Å²) in [4.78, 5) is 19.2. The van der Waals surface area contributed by atoms with Crippen LogP contribution in [0.15, 0.2) is 59.6 Å². The number of carbonyl (C=O) groups is 1. The molecule has 1 amide bonds. The summed E-state index contributed by atoms with van der Waals surface area (Å²) in [5.74, 6) is 0.764. The van der Waals surface area contributed by atoms with Gasteiger partial charge in [0.2, 0.25) is 0 Å². The smallest absolute Gasteiger partial charge is 0.253 e. The van der Waals surface area contributed by atoms with E-state index in [1.165, 1.54) is 6.42 Å². The van der Waals surface area contributed by atoms with Crippen molar-refractivity contribution in [2.75, 3.05) is 26.2 Å².